The molecule has 0 spiro atoms. The van der Waals surface area contributed by atoms with Crippen molar-refractivity contribution < 1.29 is 13.2 Å². The summed E-state index contributed by atoms with van der Waals surface area (Å²) in [6.07, 6.45) is 5.78. The van der Waals surface area contributed by atoms with Gasteiger partial charge in [0, 0.05) is 25.1 Å². The Kier molecular flexibility index (Phi) is 3.76. The van der Waals surface area contributed by atoms with Crippen LogP contribution in [0.1, 0.15) is 30.5 Å². The topological polar surface area (TPSA) is 107 Å². The number of rotatable bonds is 3. The lowest BCUT2D eigenvalue weighted by atomic mass is 10.1. The first kappa shape index (κ1) is 16.6. The van der Waals surface area contributed by atoms with E-state index in [2.05, 4.69) is 20.4 Å². The van der Waals surface area contributed by atoms with Crippen molar-refractivity contribution in [3.05, 3.63) is 41.7 Å². The Morgan fingerprint density at radius 2 is 2.12 bits per heavy atom. The van der Waals surface area contributed by atoms with Crippen LogP contribution in [0.25, 0.3) is 11.0 Å². The maximum Gasteiger partial charge on any atom is 0.248 e. The lowest BCUT2D eigenvalue weighted by Crippen LogP contribution is -2.12. The second-order valence-corrected chi connectivity index (χ2v) is 8.31. The summed E-state index contributed by atoms with van der Waals surface area (Å²) in [5, 5.41) is 7.76. The fourth-order valence-corrected chi connectivity index (χ4v) is 3.92. The van der Waals surface area contributed by atoms with Gasteiger partial charge in [0.25, 0.3) is 0 Å². The molecule has 0 aliphatic heterocycles. The minimum absolute atomic E-state index is 0.0708. The van der Waals surface area contributed by atoms with Gasteiger partial charge in [-0.15, -0.1) is 0 Å². The van der Waals surface area contributed by atoms with Gasteiger partial charge in [0.05, 0.1) is 17.6 Å². The van der Waals surface area contributed by atoms with Gasteiger partial charge in [0.2, 0.25) is 20.9 Å². The van der Waals surface area contributed by atoms with Gasteiger partial charge >= 0.3 is 0 Å². The Morgan fingerprint density at radius 1 is 1.31 bits per heavy atom. The van der Waals surface area contributed by atoms with E-state index in [1.54, 1.807) is 10.9 Å². The van der Waals surface area contributed by atoms with Gasteiger partial charge < -0.3 is 5.32 Å². The number of sulfone groups is 1. The summed E-state index contributed by atoms with van der Waals surface area (Å²) < 4.78 is 25.3. The minimum Gasteiger partial charge on any atom is -0.326 e. The largest absolute Gasteiger partial charge is 0.326 e. The maximum atomic E-state index is 11.8. The van der Waals surface area contributed by atoms with Crippen molar-refractivity contribution in [1.29, 1.82) is 0 Å². The summed E-state index contributed by atoms with van der Waals surface area (Å²) in [7, 11) is -3.50. The highest BCUT2D eigenvalue weighted by atomic mass is 32.2. The molecule has 1 unspecified atom stereocenters. The second kappa shape index (κ2) is 5.87. The van der Waals surface area contributed by atoms with Crippen LogP contribution in [0.2, 0.25) is 0 Å². The van der Waals surface area contributed by atoms with Crippen molar-refractivity contribution >= 4 is 32.5 Å². The molecule has 0 saturated carbocycles. The number of hydrogen-bond donors (Lipinski definition) is 1. The zero-order chi connectivity index (χ0) is 18.5. The molecule has 3 aromatic rings. The van der Waals surface area contributed by atoms with Crippen LogP contribution in [-0.4, -0.2) is 40.3 Å². The summed E-state index contributed by atoms with van der Waals surface area (Å²) >= 11 is 0. The van der Waals surface area contributed by atoms with Crippen LogP contribution in [0.4, 0.5) is 5.69 Å². The standard InChI is InChI=1S/C17H17N5O3S/c1-10(23)20-14-5-3-4-13-12(14)6-7-15(13)22-16-11(9-19-22)8-18-17(21-16)26(2,24)25/h3-5,8-9,15H,6-7H2,1-2H3,(H,20,23). The highest BCUT2D eigenvalue weighted by Gasteiger charge is 2.28. The Bertz CT molecular complexity index is 1140. The number of aromatic nitrogens is 4. The number of nitrogens with one attached hydrogen (secondary N) is 1. The van der Waals surface area contributed by atoms with E-state index >= 15 is 0 Å². The lowest BCUT2D eigenvalue weighted by Gasteiger charge is -2.14. The fourth-order valence-electron chi connectivity index (χ4n) is 3.42. The third-order valence-corrected chi connectivity index (χ3v) is 5.35. The van der Waals surface area contributed by atoms with Gasteiger partial charge in [-0.1, -0.05) is 12.1 Å². The first-order chi connectivity index (χ1) is 12.3. The number of amides is 1. The van der Waals surface area contributed by atoms with Crippen molar-refractivity contribution in [2.75, 3.05) is 11.6 Å². The maximum absolute atomic E-state index is 11.8. The molecule has 1 N–H and O–H groups in total. The molecule has 1 atom stereocenters. The molecule has 1 aliphatic rings. The number of nitrogens with zero attached hydrogens (tertiary/aromatic N) is 4. The van der Waals surface area contributed by atoms with Crippen LogP contribution >= 0.6 is 0 Å². The number of anilines is 1. The highest BCUT2D eigenvalue weighted by Crippen LogP contribution is 2.39. The van der Waals surface area contributed by atoms with E-state index in [4.69, 9.17) is 0 Å². The summed E-state index contributed by atoms with van der Waals surface area (Å²) in [5.41, 5.74) is 3.43. The van der Waals surface area contributed by atoms with Crippen molar-refractivity contribution in [2.24, 2.45) is 0 Å². The quantitative estimate of drug-likeness (QED) is 0.703. The first-order valence-electron chi connectivity index (χ1n) is 8.14. The van der Waals surface area contributed by atoms with Crippen molar-refractivity contribution in [3.63, 3.8) is 0 Å². The molecule has 2 heterocycles. The van der Waals surface area contributed by atoms with Crippen molar-refractivity contribution in [2.45, 2.75) is 31.0 Å². The fraction of sp³-hybridized carbons (Fsp3) is 0.294. The van der Waals surface area contributed by atoms with Crippen LogP contribution < -0.4 is 5.32 Å². The van der Waals surface area contributed by atoms with Crippen LogP contribution in [0.3, 0.4) is 0 Å². The summed E-state index contributed by atoms with van der Waals surface area (Å²) in [6.45, 7) is 1.48. The van der Waals surface area contributed by atoms with E-state index in [0.717, 1.165) is 35.9 Å². The SMILES string of the molecule is CC(=O)Nc1cccc2c1CCC2n1ncc2cnc(S(C)(=O)=O)nc21. The van der Waals surface area contributed by atoms with Crippen molar-refractivity contribution in [3.8, 4) is 0 Å². The molecule has 0 radical (unpaired) electrons. The molecule has 4 rings (SSSR count). The van der Waals surface area contributed by atoms with Gasteiger partial charge in [-0.25, -0.2) is 18.1 Å². The summed E-state index contributed by atoms with van der Waals surface area (Å²) in [4.78, 5) is 19.6. The molecule has 2 aromatic heterocycles. The zero-order valence-electron chi connectivity index (χ0n) is 14.3. The van der Waals surface area contributed by atoms with Gasteiger partial charge in [-0.05, 0) is 30.0 Å². The summed E-state index contributed by atoms with van der Waals surface area (Å²) in [5.74, 6) is -0.114. The van der Waals surface area contributed by atoms with E-state index in [1.807, 2.05) is 18.2 Å². The van der Waals surface area contributed by atoms with E-state index < -0.39 is 9.84 Å². The molecule has 1 aromatic carbocycles. The predicted molar refractivity (Wildman–Crippen MR) is 95.6 cm³/mol. The Morgan fingerprint density at radius 3 is 2.85 bits per heavy atom. The Balaban J connectivity index is 1.83. The molecule has 0 bridgehead atoms. The van der Waals surface area contributed by atoms with E-state index in [9.17, 15) is 13.2 Å². The summed E-state index contributed by atoms with van der Waals surface area (Å²) in [6, 6.07) is 5.71. The van der Waals surface area contributed by atoms with Crippen LogP contribution in [0.15, 0.2) is 35.7 Å². The normalized spacial score (nSPS) is 16.6. The lowest BCUT2D eigenvalue weighted by molar-refractivity contribution is -0.114. The van der Waals surface area contributed by atoms with Crippen LogP contribution in [-0.2, 0) is 21.1 Å². The molecule has 1 aliphatic carbocycles. The third-order valence-electron chi connectivity index (χ3n) is 4.49. The smallest absolute Gasteiger partial charge is 0.248 e. The molecule has 134 valence electrons. The highest BCUT2D eigenvalue weighted by molar-refractivity contribution is 7.90. The molecular formula is C17H17N5O3S. The number of benzene rings is 1. The molecule has 1 amide bonds. The number of carbonyl (C=O) groups excluding carboxylic acids is 1. The van der Waals surface area contributed by atoms with Gasteiger partial charge in [0.1, 0.15) is 0 Å². The Hall–Kier alpha value is -2.81. The first-order valence-corrected chi connectivity index (χ1v) is 10.0. The zero-order valence-corrected chi connectivity index (χ0v) is 15.1. The van der Waals surface area contributed by atoms with Gasteiger partial charge in [0.15, 0.2) is 5.65 Å². The number of hydrogen-bond acceptors (Lipinski definition) is 6. The van der Waals surface area contributed by atoms with Gasteiger partial charge in [-0.3, -0.25) is 4.79 Å². The molecule has 0 fully saturated rings. The molecular weight excluding hydrogens is 354 g/mol. The van der Waals surface area contributed by atoms with Crippen LogP contribution in [0.5, 0.6) is 0 Å². The average Bonchev–Trinajstić information content (AvgIpc) is 3.16. The third kappa shape index (κ3) is 2.74. The van der Waals surface area contributed by atoms with E-state index in [1.165, 1.54) is 13.1 Å². The Labute approximate surface area is 150 Å². The predicted octanol–water partition coefficient (Wildman–Crippen LogP) is 1.72. The average molecular weight is 371 g/mol. The molecule has 9 heteroatoms. The minimum atomic E-state index is -3.50. The number of carbonyl (C=O) groups is 1. The van der Waals surface area contributed by atoms with E-state index in [-0.39, 0.29) is 17.1 Å². The van der Waals surface area contributed by atoms with Crippen LogP contribution in [0, 0.1) is 0 Å². The second-order valence-electron chi connectivity index (χ2n) is 6.40. The molecule has 8 nitrogen and oxygen atoms in total. The molecule has 26 heavy (non-hydrogen) atoms. The monoisotopic (exact) mass is 371 g/mol. The number of fused-ring (bicyclic) bond motifs is 2. The van der Waals surface area contributed by atoms with Gasteiger partial charge in [-0.2, -0.15) is 10.1 Å². The van der Waals surface area contributed by atoms with E-state index in [0.29, 0.717) is 11.0 Å². The van der Waals surface area contributed by atoms with Crippen molar-refractivity contribution in [1.82, 2.24) is 19.7 Å². The molecule has 0 saturated heterocycles.